The SMILES string of the molecule is CC(C)C1NNc2c(N)c(-c3ccccc3)nn21. The fourth-order valence-corrected chi connectivity index (χ4v) is 2.23. The Morgan fingerprint density at radius 2 is 2.00 bits per heavy atom. The first-order chi connectivity index (χ1) is 8.68. The van der Waals surface area contributed by atoms with Gasteiger partial charge in [0.25, 0.3) is 0 Å². The van der Waals surface area contributed by atoms with E-state index >= 15 is 0 Å². The summed E-state index contributed by atoms with van der Waals surface area (Å²) in [7, 11) is 0. The van der Waals surface area contributed by atoms with Gasteiger partial charge in [0.15, 0.2) is 5.82 Å². The van der Waals surface area contributed by atoms with Gasteiger partial charge in [-0.1, -0.05) is 44.2 Å². The topological polar surface area (TPSA) is 67.9 Å². The first-order valence-corrected chi connectivity index (χ1v) is 6.13. The summed E-state index contributed by atoms with van der Waals surface area (Å²) in [5.74, 6) is 1.29. The first kappa shape index (κ1) is 11.1. The molecule has 5 nitrogen and oxygen atoms in total. The van der Waals surface area contributed by atoms with Crippen LogP contribution >= 0.6 is 0 Å². The molecule has 0 aliphatic carbocycles. The Bertz CT molecular complexity index is 558. The molecule has 1 aliphatic rings. The molecule has 1 atom stereocenters. The largest absolute Gasteiger partial charge is 0.394 e. The van der Waals surface area contributed by atoms with Gasteiger partial charge in [0.2, 0.25) is 0 Å². The number of hydrogen-bond acceptors (Lipinski definition) is 4. The predicted molar refractivity (Wildman–Crippen MR) is 72.7 cm³/mol. The van der Waals surface area contributed by atoms with Crippen LogP contribution in [0.3, 0.4) is 0 Å². The summed E-state index contributed by atoms with van der Waals surface area (Å²) in [5, 5.41) is 4.63. The molecule has 1 aromatic heterocycles. The van der Waals surface area contributed by atoms with Crippen LogP contribution in [0, 0.1) is 5.92 Å². The van der Waals surface area contributed by atoms with Crippen LogP contribution < -0.4 is 16.6 Å². The molecule has 0 spiro atoms. The number of nitrogen functional groups attached to an aromatic ring is 1. The lowest BCUT2D eigenvalue weighted by Crippen LogP contribution is -2.26. The molecule has 0 amide bonds. The number of benzene rings is 1. The number of hydrogen-bond donors (Lipinski definition) is 3. The van der Waals surface area contributed by atoms with E-state index in [1.54, 1.807) is 0 Å². The van der Waals surface area contributed by atoms with Gasteiger partial charge in [0.1, 0.15) is 17.5 Å². The summed E-state index contributed by atoms with van der Waals surface area (Å²) in [6.07, 6.45) is 0.139. The van der Waals surface area contributed by atoms with E-state index < -0.39 is 0 Å². The van der Waals surface area contributed by atoms with Crippen molar-refractivity contribution in [1.82, 2.24) is 15.2 Å². The molecule has 2 aromatic rings. The molecule has 0 fully saturated rings. The monoisotopic (exact) mass is 243 g/mol. The Balaban J connectivity index is 2.08. The summed E-state index contributed by atoms with van der Waals surface area (Å²) < 4.78 is 1.93. The fourth-order valence-electron chi connectivity index (χ4n) is 2.23. The molecule has 0 saturated carbocycles. The highest BCUT2D eigenvalue weighted by Gasteiger charge is 2.29. The van der Waals surface area contributed by atoms with Crippen LogP contribution in [0.1, 0.15) is 20.0 Å². The molecule has 1 unspecified atom stereocenters. The molecule has 0 saturated heterocycles. The highest BCUT2D eigenvalue weighted by molar-refractivity contribution is 5.81. The summed E-state index contributed by atoms with van der Waals surface area (Å²) in [4.78, 5) is 0. The number of nitrogens with one attached hydrogen (secondary N) is 2. The van der Waals surface area contributed by atoms with E-state index in [2.05, 4.69) is 29.8 Å². The Kier molecular flexibility index (Phi) is 2.48. The van der Waals surface area contributed by atoms with E-state index in [1.165, 1.54) is 0 Å². The minimum Gasteiger partial charge on any atom is -0.394 e. The Morgan fingerprint density at radius 3 is 2.67 bits per heavy atom. The van der Waals surface area contributed by atoms with Gasteiger partial charge in [-0.05, 0) is 5.92 Å². The molecular formula is C13H17N5. The molecule has 0 bridgehead atoms. The number of nitrogens with two attached hydrogens (primary N) is 1. The fraction of sp³-hybridized carbons (Fsp3) is 0.308. The van der Waals surface area contributed by atoms with E-state index in [0.717, 1.165) is 17.1 Å². The van der Waals surface area contributed by atoms with E-state index in [9.17, 15) is 0 Å². The Morgan fingerprint density at radius 1 is 1.28 bits per heavy atom. The molecule has 0 radical (unpaired) electrons. The number of hydrazine groups is 1. The third-order valence-electron chi connectivity index (χ3n) is 3.23. The van der Waals surface area contributed by atoms with Gasteiger partial charge in [-0.25, -0.2) is 10.1 Å². The van der Waals surface area contributed by atoms with Gasteiger partial charge in [-0.2, -0.15) is 5.10 Å². The van der Waals surface area contributed by atoms with E-state index in [1.807, 2.05) is 35.0 Å². The third kappa shape index (κ3) is 1.55. The van der Waals surface area contributed by atoms with E-state index in [4.69, 9.17) is 5.73 Å². The second-order valence-corrected chi connectivity index (χ2v) is 4.88. The highest BCUT2D eigenvalue weighted by Crippen LogP contribution is 2.36. The normalized spacial score (nSPS) is 17.8. The molecule has 4 N–H and O–H groups in total. The van der Waals surface area contributed by atoms with Gasteiger partial charge in [-0.3, -0.25) is 0 Å². The maximum Gasteiger partial charge on any atom is 0.164 e. The second kappa shape index (κ2) is 4.03. The lowest BCUT2D eigenvalue weighted by Gasteiger charge is -2.14. The Labute approximate surface area is 106 Å². The summed E-state index contributed by atoms with van der Waals surface area (Å²) in [5.41, 5.74) is 15.0. The summed E-state index contributed by atoms with van der Waals surface area (Å²) >= 11 is 0. The van der Waals surface area contributed by atoms with Crippen molar-refractivity contribution in [2.45, 2.75) is 20.0 Å². The average Bonchev–Trinajstić information content (AvgIpc) is 2.91. The number of nitrogens with zero attached hydrogens (tertiary/aromatic N) is 2. The smallest absolute Gasteiger partial charge is 0.164 e. The zero-order valence-corrected chi connectivity index (χ0v) is 10.5. The second-order valence-electron chi connectivity index (χ2n) is 4.88. The van der Waals surface area contributed by atoms with Crippen molar-refractivity contribution in [3.8, 4) is 11.3 Å². The van der Waals surface area contributed by atoms with Gasteiger partial charge in [0, 0.05) is 5.56 Å². The van der Waals surface area contributed by atoms with Gasteiger partial charge in [0.05, 0.1) is 0 Å². The molecule has 18 heavy (non-hydrogen) atoms. The van der Waals surface area contributed by atoms with Crippen molar-refractivity contribution in [2.75, 3.05) is 11.2 Å². The van der Waals surface area contributed by atoms with Crippen LogP contribution in [-0.4, -0.2) is 9.78 Å². The maximum absolute atomic E-state index is 6.16. The van der Waals surface area contributed by atoms with Crippen molar-refractivity contribution in [3.05, 3.63) is 30.3 Å². The van der Waals surface area contributed by atoms with E-state index in [-0.39, 0.29) is 6.17 Å². The summed E-state index contributed by atoms with van der Waals surface area (Å²) in [6.45, 7) is 4.29. The number of anilines is 2. The third-order valence-corrected chi connectivity index (χ3v) is 3.23. The van der Waals surface area contributed by atoms with Crippen molar-refractivity contribution < 1.29 is 0 Å². The molecular weight excluding hydrogens is 226 g/mol. The Hall–Kier alpha value is -2.01. The molecule has 1 aromatic carbocycles. The number of aromatic nitrogens is 2. The molecule has 94 valence electrons. The van der Waals surface area contributed by atoms with Crippen molar-refractivity contribution >= 4 is 11.5 Å². The molecule has 1 aliphatic heterocycles. The standard InChI is InChI=1S/C13H17N5/c1-8(2)12-15-16-13-10(14)11(17-18(12)13)9-6-4-3-5-7-9/h3-8,12,15-16H,14H2,1-2H3. The lowest BCUT2D eigenvalue weighted by atomic mass is 10.1. The van der Waals surface area contributed by atoms with Crippen LogP contribution in [0.25, 0.3) is 11.3 Å². The molecule has 2 heterocycles. The van der Waals surface area contributed by atoms with Crippen molar-refractivity contribution in [3.63, 3.8) is 0 Å². The number of fused-ring (bicyclic) bond motifs is 1. The molecule has 5 heteroatoms. The van der Waals surface area contributed by atoms with Crippen LogP contribution in [0.15, 0.2) is 30.3 Å². The van der Waals surface area contributed by atoms with Crippen molar-refractivity contribution in [2.24, 2.45) is 5.92 Å². The lowest BCUT2D eigenvalue weighted by molar-refractivity contribution is 0.336. The minimum absolute atomic E-state index is 0.139. The van der Waals surface area contributed by atoms with Crippen LogP contribution in [0.5, 0.6) is 0 Å². The molecule has 3 rings (SSSR count). The zero-order valence-electron chi connectivity index (χ0n) is 10.5. The van der Waals surface area contributed by atoms with Crippen LogP contribution in [-0.2, 0) is 0 Å². The van der Waals surface area contributed by atoms with E-state index in [0.29, 0.717) is 11.6 Å². The quantitative estimate of drug-likeness (QED) is 0.756. The predicted octanol–water partition coefficient (Wildman–Crippen LogP) is 2.22. The van der Waals surface area contributed by atoms with Crippen LogP contribution in [0.2, 0.25) is 0 Å². The zero-order chi connectivity index (χ0) is 12.7. The van der Waals surface area contributed by atoms with Gasteiger partial charge in [-0.15, -0.1) is 0 Å². The minimum atomic E-state index is 0.139. The van der Waals surface area contributed by atoms with Gasteiger partial charge >= 0.3 is 0 Å². The van der Waals surface area contributed by atoms with Gasteiger partial charge < -0.3 is 11.2 Å². The first-order valence-electron chi connectivity index (χ1n) is 6.13. The van der Waals surface area contributed by atoms with Crippen molar-refractivity contribution in [1.29, 1.82) is 0 Å². The highest BCUT2D eigenvalue weighted by atomic mass is 15.6. The summed E-state index contributed by atoms with van der Waals surface area (Å²) in [6, 6.07) is 10.0. The number of rotatable bonds is 2. The van der Waals surface area contributed by atoms with Crippen LogP contribution in [0.4, 0.5) is 11.5 Å². The maximum atomic E-state index is 6.16. The average molecular weight is 243 g/mol.